The van der Waals surface area contributed by atoms with Crippen LogP contribution in [0, 0.1) is 11.8 Å². The van der Waals surface area contributed by atoms with Gasteiger partial charge >= 0.3 is 11.9 Å². The molecule has 0 heterocycles. The molecule has 7 heteroatoms. The fourth-order valence-electron chi connectivity index (χ4n) is 11.2. The lowest BCUT2D eigenvalue weighted by Crippen LogP contribution is -2.50. The molecule has 4 aliphatic rings. The molecule has 0 saturated heterocycles. The summed E-state index contributed by atoms with van der Waals surface area (Å²) in [7, 11) is 2.79. The molecule has 4 aliphatic carbocycles. The number of benzene rings is 4. The molecule has 6 atom stereocenters. The number of ketones is 1. The first kappa shape index (κ1) is 42.3. The summed E-state index contributed by atoms with van der Waals surface area (Å²) in [5, 5.41) is 22.2. The van der Waals surface area contributed by atoms with Gasteiger partial charge in [-0.25, -0.2) is 9.59 Å². The van der Waals surface area contributed by atoms with Crippen molar-refractivity contribution < 1.29 is 34.1 Å². The molecule has 0 bridgehead atoms. The molecule has 8 rings (SSSR count). The largest absolute Gasteiger partial charge is 0.465 e. The number of esters is 2. The van der Waals surface area contributed by atoms with Crippen molar-refractivity contribution in [3.8, 4) is 0 Å². The van der Waals surface area contributed by atoms with Crippen LogP contribution in [-0.4, -0.2) is 53.4 Å². The molecule has 2 N–H and O–H groups in total. The quantitative estimate of drug-likeness (QED) is 0.171. The minimum absolute atomic E-state index is 0.0477. The summed E-state index contributed by atoms with van der Waals surface area (Å²) >= 11 is 0. The van der Waals surface area contributed by atoms with Gasteiger partial charge in [0, 0.05) is 23.7 Å². The second-order valence-corrected chi connectivity index (χ2v) is 17.9. The lowest BCUT2D eigenvalue weighted by molar-refractivity contribution is -0.121. The number of rotatable bonds is 8. The van der Waals surface area contributed by atoms with Gasteiger partial charge in [-0.3, -0.25) is 4.79 Å². The van der Waals surface area contributed by atoms with Crippen molar-refractivity contribution in [3.63, 3.8) is 0 Å². The van der Waals surface area contributed by atoms with Crippen molar-refractivity contribution in [2.45, 2.75) is 119 Å². The molecule has 0 spiro atoms. The zero-order valence-electron chi connectivity index (χ0n) is 35.2. The number of carbonyl (C=O) groups is 3. The Morgan fingerprint density at radius 2 is 1.14 bits per heavy atom. The Labute approximate surface area is 349 Å². The highest BCUT2D eigenvalue weighted by Crippen LogP contribution is 2.57. The van der Waals surface area contributed by atoms with Crippen LogP contribution in [0.5, 0.6) is 0 Å². The Hall–Kier alpha value is -4.85. The summed E-state index contributed by atoms with van der Waals surface area (Å²) in [5.74, 6) is -0.103. The average molecular weight is 797 g/mol. The van der Waals surface area contributed by atoms with Crippen LogP contribution in [0.3, 0.4) is 0 Å². The molecule has 0 aliphatic heterocycles. The van der Waals surface area contributed by atoms with Crippen LogP contribution in [-0.2, 0) is 44.4 Å². The van der Waals surface area contributed by atoms with E-state index in [1.165, 1.54) is 30.9 Å². The van der Waals surface area contributed by atoms with E-state index >= 15 is 0 Å². The van der Waals surface area contributed by atoms with Gasteiger partial charge in [-0.05, 0) is 146 Å². The first-order chi connectivity index (χ1) is 28.3. The highest BCUT2D eigenvalue weighted by molar-refractivity contribution is 5.92. The monoisotopic (exact) mass is 796 g/mol. The Morgan fingerprint density at radius 1 is 0.661 bits per heavy atom. The molecule has 0 aromatic heterocycles. The topological polar surface area (TPSA) is 110 Å². The van der Waals surface area contributed by atoms with Crippen LogP contribution in [0.2, 0.25) is 0 Å². The maximum Gasteiger partial charge on any atom is 0.337 e. The fraction of sp³-hybridized carbons (Fsp3) is 0.442. The van der Waals surface area contributed by atoms with Crippen molar-refractivity contribution in [2.75, 3.05) is 14.2 Å². The Morgan fingerprint density at radius 3 is 1.64 bits per heavy atom. The molecule has 59 heavy (non-hydrogen) atoms. The summed E-state index contributed by atoms with van der Waals surface area (Å²) in [4.78, 5) is 37.2. The highest BCUT2D eigenvalue weighted by Gasteiger charge is 2.53. The number of ether oxygens (including phenoxy) is 2. The fourth-order valence-corrected chi connectivity index (χ4v) is 11.2. The van der Waals surface area contributed by atoms with Crippen LogP contribution in [0.4, 0.5) is 0 Å². The van der Waals surface area contributed by atoms with Gasteiger partial charge < -0.3 is 19.7 Å². The van der Waals surface area contributed by atoms with E-state index in [1.54, 1.807) is 0 Å². The molecular formula is C52H60O7. The molecular weight excluding hydrogens is 737 g/mol. The third-order valence-corrected chi connectivity index (χ3v) is 14.7. The van der Waals surface area contributed by atoms with Crippen molar-refractivity contribution in [1.82, 2.24) is 0 Å². The van der Waals surface area contributed by atoms with Crippen molar-refractivity contribution in [2.24, 2.45) is 11.8 Å². The van der Waals surface area contributed by atoms with Gasteiger partial charge in [0.15, 0.2) is 0 Å². The predicted molar refractivity (Wildman–Crippen MR) is 231 cm³/mol. The van der Waals surface area contributed by atoms with Gasteiger partial charge in [0.25, 0.3) is 0 Å². The number of fused-ring (bicyclic) bond motifs is 6. The summed E-state index contributed by atoms with van der Waals surface area (Å²) in [6, 6.07) is 32.7. The molecule has 0 unspecified atom stereocenters. The van der Waals surface area contributed by atoms with Crippen molar-refractivity contribution >= 4 is 23.3 Å². The van der Waals surface area contributed by atoms with E-state index in [1.807, 2.05) is 43.3 Å². The summed E-state index contributed by atoms with van der Waals surface area (Å²) in [6.45, 7) is 8.46. The summed E-state index contributed by atoms with van der Waals surface area (Å²) in [5.41, 5.74) is 7.55. The molecule has 7 nitrogen and oxygen atoms in total. The average Bonchev–Trinajstić information content (AvgIpc) is 3.37. The zero-order chi connectivity index (χ0) is 42.0. The normalized spacial score (nSPS) is 28.3. The Kier molecular flexibility index (Phi) is 12.2. The van der Waals surface area contributed by atoms with Gasteiger partial charge in [-0.2, -0.15) is 0 Å². The number of allylic oxidation sites excluding steroid dienone is 1. The van der Waals surface area contributed by atoms with E-state index in [9.17, 15) is 24.6 Å². The molecule has 4 aromatic carbocycles. The maximum atomic E-state index is 12.9. The van der Waals surface area contributed by atoms with Crippen LogP contribution >= 0.6 is 0 Å². The van der Waals surface area contributed by atoms with E-state index in [4.69, 9.17) is 9.47 Å². The third kappa shape index (κ3) is 8.34. The predicted octanol–water partition coefficient (Wildman–Crippen LogP) is 9.72. The number of hydrogen-bond donors (Lipinski definition) is 2. The zero-order valence-corrected chi connectivity index (χ0v) is 35.2. The van der Waals surface area contributed by atoms with Gasteiger partial charge in [-0.15, -0.1) is 0 Å². The number of Topliss-reactive ketones (excluding diaryl/α,β-unsaturated/α-hetero) is 1. The van der Waals surface area contributed by atoms with Crippen LogP contribution in [0.1, 0.15) is 132 Å². The van der Waals surface area contributed by atoms with Crippen LogP contribution < -0.4 is 0 Å². The second-order valence-electron chi connectivity index (χ2n) is 17.9. The van der Waals surface area contributed by atoms with Gasteiger partial charge in [0.2, 0.25) is 0 Å². The minimum Gasteiger partial charge on any atom is -0.465 e. The minimum atomic E-state index is -0.707. The van der Waals surface area contributed by atoms with E-state index in [0.29, 0.717) is 42.7 Å². The molecule has 0 amide bonds. The van der Waals surface area contributed by atoms with Gasteiger partial charge in [0.05, 0.1) is 36.5 Å². The first-order valence-electron chi connectivity index (χ1n) is 21.5. The number of hydrogen-bond acceptors (Lipinski definition) is 7. The Bertz CT molecular complexity index is 2200. The third-order valence-electron chi connectivity index (χ3n) is 14.7. The SMILES string of the molecule is C=C1C[C@H]2C[C@@](O)(CC)CC[C@@]2(Cc2ccccc2)c2ccc(C(=O)OC)cc21.CC[C@@]1(O)CC[C@@]2(Cc3ccccc3)c3ccc(C(=O)OC)cc3CC(=O)C[C@H]2C1. The molecule has 2 saturated carbocycles. The van der Waals surface area contributed by atoms with Crippen LogP contribution in [0.15, 0.2) is 104 Å². The lowest BCUT2D eigenvalue weighted by atomic mass is 9.51. The molecule has 2 fully saturated rings. The van der Waals surface area contributed by atoms with Gasteiger partial charge in [-0.1, -0.05) is 93.2 Å². The highest BCUT2D eigenvalue weighted by atomic mass is 16.5. The lowest BCUT2D eigenvalue weighted by Gasteiger charge is -2.54. The number of carbonyl (C=O) groups excluding carboxylic acids is 3. The molecule has 4 aromatic rings. The second kappa shape index (κ2) is 17.0. The summed E-state index contributed by atoms with van der Waals surface area (Å²) < 4.78 is 9.83. The van der Waals surface area contributed by atoms with Crippen molar-refractivity contribution in [3.05, 3.63) is 148 Å². The molecule has 0 radical (unpaired) electrons. The van der Waals surface area contributed by atoms with E-state index in [-0.39, 0.29) is 34.5 Å². The van der Waals surface area contributed by atoms with Crippen molar-refractivity contribution in [1.29, 1.82) is 0 Å². The van der Waals surface area contributed by atoms with Crippen LogP contribution in [0.25, 0.3) is 5.57 Å². The first-order valence-corrected chi connectivity index (χ1v) is 21.5. The van der Waals surface area contributed by atoms with E-state index in [0.717, 1.165) is 80.1 Å². The standard InChI is InChI=1S/C26H30O4.C26H30O3/c1-3-25(29)11-12-26(16-18-7-5-4-6-8-18)21(17-25)15-22(27)14-20-13-19(24(28)30-2)9-10-23(20)26;1-4-25(28)12-13-26(16-19-8-6-5-7-9-19)21(17-25)14-18(2)22-15-20(24(27)29-3)10-11-23(22)26/h4-10,13,21,29H,3,11-12,14-17H2,1-2H3;5-11,15,21,28H,2,4,12-14,16-17H2,1,3H3/t2*21-,25+,26-/m00/s1. The van der Waals surface area contributed by atoms with Gasteiger partial charge in [0.1, 0.15) is 5.78 Å². The molecule has 310 valence electrons. The number of methoxy groups -OCH3 is 2. The number of aliphatic hydroxyl groups is 2. The Balaban J connectivity index is 0.000000179. The maximum absolute atomic E-state index is 12.9. The van der Waals surface area contributed by atoms with E-state index < -0.39 is 11.2 Å². The smallest absolute Gasteiger partial charge is 0.337 e. The summed E-state index contributed by atoms with van der Waals surface area (Å²) in [6.07, 6.45) is 9.64. The van der Waals surface area contributed by atoms with E-state index in [2.05, 4.69) is 74.2 Å².